The van der Waals surface area contributed by atoms with E-state index in [4.69, 9.17) is 0 Å². The Labute approximate surface area is 137 Å². The first kappa shape index (κ1) is 16.8. The molecule has 0 aromatic carbocycles. The van der Waals surface area contributed by atoms with Crippen molar-refractivity contribution in [2.75, 3.05) is 13.6 Å². The van der Waals surface area contributed by atoms with Crippen LogP contribution in [0.3, 0.4) is 0 Å². The molecule has 5 heteroatoms. The highest BCUT2D eigenvalue weighted by molar-refractivity contribution is 14.0. The predicted octanol–water partition coefficient (Wildman–Crippen LogP) is 3.61. The Morgan fingerprint density at radius 3 is 2.68 bits per heavy atom. The summed E-state index contributed by atoms with van der Waals surface area (Å²) in [5.41, 5.74) is 1.77. The molecule has 2 rings (SSSR count). The molecular formula is C14H24IN3S. The van der Waals surface area contributed by atoms with E-state index in [0.29, 0.717) is 5.41 Å². The van der Waals surface area contributed by atoms with Crippen LogP contribution in [-0.4, -0.2) is 19.6 Å². The molecular weight excluding hydrogens is 369 g/mol. The van der Waals surface area contributed by atoms with E-state index in [1.165, 1.54) is 31.2 Å². The minimum absolute atomic E-state index is 0. The largest absolute Gasteiger partial charge is 0.356 e. The first-order valence-corrected chi connectivity index (χ1v) is 7.62. The highest BCUT2D eigenvalue weighted by Crippen LogP contribution is 2.36. The number of aliphatic imine (C=N–C) groups is 1. The molecule has 1 aliphatic carbocycles. The Morgan fingerprint density at radius 1 is 1.37 bits per heavy atom. The van der Waals surface area contributed by atoms with Gasteiger partial charge in [0.15, 0.2) is 5.96 Å². The van der Waals surface area contributed by atoms with Gasteiger partial charge in [-0.15, -0.1) is 24.0 Å². The molecule has 0 aliphatic heterocycles. The summed E-state index contributed by atoms with van der Waals surface area (Å²) >= 11 is 1.73. The summed E-state index contributed by atoms with van der Waals surface area (Å²) in [6.07, 6.45) is 5.42. The average Bonchev–Trinajstić information content (AvgIpc) is 3.01. The lowest BCUT2D eigenvalue weighted by Crippen LogP contribution is -2.41. The predicted molar refractivity (Wildman–Crippen MR) is 94.5 cm³/mol. The van der Waals surface area contributed by atoms with Crippen LogP contribution >= 0.6 is 35.3 Å². The van der Waals surface area contributed by atoms with Crippen molar-refractivity contribution in [3.63, 3.8) is 0 Å². The van der Waals surface area contributed by atoms with Gasteiger partial charge in [-0.1, -0.05) is 19.8 Å². The maximum atomic E-state index is 4.28. The molecule has 1 aromatic heterocycles. The zero-order valence-electron chi connectivity index (χ0n) is 11.7. The number of thiophene rings is 1. The second-order valence-corrected chi connectivity index (χ2v) is 6.21. The van der Waals surface area contributed by atoms with Crippen LogP contribution < -0.4 is 10.6 Å². The third-order valence-electron chi connectivity index (χ3n) is 3.76. The van der Waals surface area contributed by atoms with Crippen molar-refractivity contribution in [3.8, 4) is 0 Å². The third-order valence-corrected chi connectivity index (χ3v) is 4.49. The molecule has 19 heavy (non-hydrogen) atoms. The Bertz CT molecular complexity index is 383. The maximum absolute atomic E-state index is 4.28. The van der Waals surface area contributed by atoms with Crippen molar-refractivity contribution in [2.45, 2.75) is 39.2 Å². The van der Waals surface area contributed by atoms with E-state index < -0.39 is 0 Å². The van der Waals surface area contributed by atoms with Gasteiger partial charge >= 0.3 is 0 Å². The fraction of sp³-hybridized carbons (Fsp3) is 0.643. The van der Waals surface area contributed by atoms with Gasteiger partial charge in [0.25, 0.3) is 0 Å². The minimum Gasteiger partial charge on any atom is -0.356 e. The number of halogens is 1. The van der Waals surface area contributed by atoms with Crippen LogP contribution in [0.15, 0.2) is 21.8 Å². The molecule has 3 nitrogen and oxygen atoms in total. The molecule has 0 saturated heterocycles. The summed E-state index contributed by atoms with van der Waals surface area (Å²) in [4.78, 5) is 4.28. The van der Waals surface area contributed by atoms with Crippen molar-refractivity contribution in [2.24, 2.45) is 10.4 Å². The Kier molecular flexibility index (Phi) is 7.13. The number of rotatable bonds is 4. The molecule has 1 heterocycles. The van der Waals surface area contributed by atoms with E-state index in [0.717, 1.165) is 19.0 Å². The maximum Gasteiger partial charge on any atom is 0.191 e. The summed E-state index contributed by atoms with van der Waals surface area (Å²) in [5, 5.41) is 11.1. The van der Waals surface area contributed by atoms with Gasteiger partial charge in [-0.3, -0.25) is 4.99 Å². The molecule has 0 amide bonds. The quantitative estimate of drug-likeness (QED) is 0.466. The summed E-state index contributed by atoms with van der Waals surface area (Å²) < 4.78 is 0. The number of nitrogens with zero attached hydrogens (tertiary/aromatic N) is 1. The number of nitrogens with one attached hydrogen (secondary N) is 2. The molecule has 1 fully saturated rings. The van der Waals surface area contributed by atoms with Gasteiger partial charge < -0.3 is 10.6 Å². The van der Waals surface area contributed by atoms with Crippen molar-refractivity contribution in [3.05, 3.63) is 22.4 Å². The van der Waals surface area contributed by atoms with Crippen LogP contribution in [0, 0.1) is 5.41 Å². The Hall–Kier alpha value is -0.300. The van der Waals surface area contributed by atoms with Gasteiger partial charge in [0.2, 0.25) is 0 Å². The van der Waals surface area contributed by atoms with Gasteiger partial charge in [0, 0.05) is 20.1 Å². The lowest BCUT2D eigenvalue weighted by molar-refractivity contribution is 0.334. The van der Waals surface area contributed by atoms with Crippen LogP contribution in [0.4, 0.5) is 0 Å². The monoisotopic (exact) mass is 393 g/mol. The molecule has 0 bridgehead atoms. The topological polar surface area (TPSA) is 36.4 Å². The smallest absolute Gasteiger partial charge is 0.191 e. The standard InChI is InChI=1S/C14H23N3S.HI/c1-14(6-3-4-7-14)11-17-13(15-2)16-9-12-5-8-18-10-12;/h5,8,10H,3-4,6-7,9,11H2,1-2H3,(H2,15,16,17);1H. The number of hydrogen-bond acceptors (Lipinski definition) is 2. The fourth-order valence-corrected chi connectivity index (χ4v) is 3.17. The van der Waals surface area contributed by atoms with Crippen molar-refractivity contribution < 1.29 is 0 Å². The molecule has 0 unspecified atom stereocenters. The van der Waals surface area contributed by atoms with E-state index in [-0.39, 0.29) is 24.0 Å². The summed E-state index contributed by atoms with van der Waals surface area (Å²) in [6, 6.07) is 2.14. The van der Waals surface area contributed by atoms with Gasteiger partial charge in [-0.2, -0.15) is 11.3 Å². The van der Waals surface area contributed by atoms with E-state index in [1.54, 1.807) is 11.3 Å². The first-order valence-electron chi connectivity index (χ1n) is 6.67. The fourth-order valence-electron chi connectivity index (χ4n) is 2.50. The van der Waals surface area contributed by atoms with Crippen LogP contribution in [0.5, 0.6) is 0 Å². The SMILES string of the molecule is CN=C(NCc1ccsc1)NCC1(C)CCCC1.I. The average molecular weight is 393 g/mol. The molecule has 0 spiro atoms. The summed E-state index contributed by atoms with van der Waals surface area (Å²) in [7, 11) is 1.83. The van der Waals surface area contributed by atoms with Gasteiger partial charge in [-0.05, 0) is 40.6 Å². The molecule has 0 atom stereocenters. The summed E-state index contributed by atoms with van der Waals surface area (Å²) in [5.74, 6) is 0.911. The Morgan fingerprint density at radius 2 is 2.11 bits per heavy atom. The van der Waals surface area contributed by atoms with Crippen LogP contribution in [0.25, 0.3) is 0 Å². The van der Waals surface area contributed by atoms with E-state index in [2.05, 4.69) is 39.4 Å². The normalized spacial score (nSPS) is 17.9. The number of guanidine groups is 1. The van der Waals surface area contributed by atoms with E-state index >= 15 is 0 Å². The zero-order valence-corrected chi connectivity index (χ0v) is 14.9. The molecule has 1 aliphatic rings. The molecule has 2 N–H and O–H groups in total. The molecule has 1 aromatic rings. The second kappa shape index (κ2) is 8.09. The van der Waals surface area contributed by atoms with Gasteiger partial charge in [-0.25, -0.2) is 0 Å². The number of hydrogen-bond donors (Lipinski definition) is 2. The van der Waals surface area contributed by atoms with Crippen molar-refractivity contribution >= 4 is 41.3 Å². The minimum atomic E-state index is 0. The molecule has 0 radical (unpaired) electrons. The second-order valence-electron chi connectivity index (χ2n) is 5.43. The van der Waals surface area contributed by atoms with E-state index in [9.17, 15) is 0 Å². The van der Waals surface area contributed by atoms with Crippen LogP contribution in [0.2, 0.25) is 0 Å². The molecule has 1 saturated carbocycles. The highest BCUT2D eigenvalue weighted by atomic mass is 127. The zero-order chi connectivity index (χ0) is 12.8. The van der Waals surface area contributed by atoms with Gasteiger partial charge in [0.1, 0.15) is 0 Å². The third kappa shape index (κ3) is 5.30. The van der Waals surface area contributed by atoms with Crippen LogP contribution in [0.1, 0.15) is 38.2 Å². The van der Waals surface area contributed by atoms with E-state index in [1.807, 2.05) is 7.05 Å². The Balaban J connectivity index is 0.00000180. The summed E-state index contributed by atoms with van der Waals surface area (Å²) in [6.45, 7) is 4.25. The van der Waals surface area contributed by atoms with Gasteiger partial charge in [0.05, 0.1) is 0 Å². The molecule has 108 valence electrons. The highest BCUT2D eigenvalue weighted by Gasteiger charge is 2.28. The van der Waals surface area contributed by atoms with Crippen molar-refractivity contribution in [1.29, 1.82) is 0 Å². The van der Waals surface area contributed by atoms with Crippen molar-refractivity contribution in [1.82, 2.24) is 10.6 Å². The first-order chi connectivity index (χ1) is 8.72. The lowest BCUT2D eigenvalue weighted by atomic mass is 9.89. The lowest BCUT2D eigenvalue weighted by Gasteiger charge is -2.25. The van der Waals surface area contributed by atoms with Crippen LogP contribution in [-0.2, 0) is 6.54 Å².